The Kier molecular flexibility index (Phi) is 2.98. The third kappa shape index (κ3) is 1.95. The molecule has 2 heterocycles. The van der Waals surface area contributed by atoms with E-state index in [1.54, 1.807) is 42.8 Å². The van der Waals surface area contributed by atoms with Gasteiger partial charge >= 0.3 is 0 Å². The van der Waals surface area contributed by atoms with E-state index in [2.05, 4.69) is 0 Å². The number of aliphatic hydroxyl groups is 1. The van der Waals surface area contributed by atoms with Crippen LogP contribution >= 0.6 is 12.2 Å². The Balaban J connectivity index is 2.33. The molecule has 0 fully saturated rings. The smallest absolute Gasteiger partial charge is 0.256 e. The molecule has 16 heavy (non-hydrogen) atoms. The van der Waals surface area contributed by atoms with Gasteiger partial charge in [0.15, 0.2) is 11.3 Å². The lowest BCUT2D eigenvalue weighted by Crippen LogP contribution is -2.42. The van der Waals surface area contributed by atoms with Gasteiger partial charge in [0.05, 0.1) is 0 Å². The zero-order chi connectivity index (χ0) is 11.5. The summed E-state index contributed by atoms with van der Waals surface area (Å²) in [5.74, 6) is 0. The minimum Gasteiger partial charge on any atom is -0.369 e. The number of thiocarbonyl (C=S) groups is 1. The van der Waals surface area contributed by atoms with Crippen molar-refractivity contribution in [2.24, 2.45) is 0 Å². The van der Waals surface area contributed by atoms with E-state index in [0.717, 1.165) is 0 Å². The van der Waals surface area contributed by atoms with Gasteiger partial charge in [0, 0.05) is 18.5 Å². The van der Waals surface area contributed by atoms with Gasteiger partial charge in [-0.1, -0.05) is 12.1 Å². The lowest BCUT2D eigenvalue weighted by atomic mass is 10.3. The summed E-state index contributed by atoms with van der Waals surface area (Å²) >= 11 is 5.15. The van der Waals surface area contributed by atoms with Crippen molar-refractivity contribution in [1.29, 1.82) is 0 Å². The van der Waals surface area contributed by atoms with Crippen LogP contribution in [0.1, 0.15) is 0 Å². The number of pyridine rings is 1. The molecule has 5 heteroatoms. The Morgan fingerprint density at radius 1 is 1.38 bits per heavy atom. The highest BCUT2D eigenvalue weighted by atomic mass is 32.1. The van der Waals surface area contributed by atoms with Crippen LogP contribution in [0.25, 0.3) is 0 Å². The van der Waals surface area contributed by atoms with Crippen LogP contribution in [0.2, 0.25) is 0 Å². The highest BCUT2D eigenvalue weighted by molar-refractivity contribution is 7.80. The summed E-state index contributed by atoms with van der Waals surface area (Å²) in [6.45, 7) is 0. The number of aromatic nitrogens is 1. The molecule has 1 aliphatic heterocycles. The lowest BCUT2D eigenvalue weighted by Gasteiger charge is -2.26. The van der Waals surface area contributed by atoms with Gasteiger partial charge < -0.3 is 5.11 Å². The predicted octanol–water partition coefficient (Wildman–Crippen LogP) is 0.685. The highest BCUT2D eigenvalue weighted by Gasteiger charge is 2.17. The molecule has 2 rings (SSSR count). The quantitative estimate of drug-likeness (QED) is 0.671. The average molecular weight is 234 g/mol. The second kappa shape index (κ2) is 4.42. The molecule has 0 aliphatic carbocycles. The van der Waals surface area contributed by atoms with Crippen LogP contribution in [0.5, 0.6) is 0 Å². The Morgan fingerprint density at radius 2 is 2.19 bits per heavy atom. The van der Waals surface area contributed by atoms with E-state index in [0.29, 0.717) is 0 Å². The Bertz CT molecular complexity index is 519. The third-order valence-electron chi connectivity index (χ3n) is 2.18. The van der Waals surface area contributed by atoms with Crippen molar-refractivity contribution in [3.8, 4) is 0 Å². The van der Waals surface area contributed by atoms with Crippen molar-refractivity contribution in [3.63, 3.8) is 0 Å². The number of hydrogen-bond donors (Lipinski definition) is 1. The molecular formula is C11H10N2O2S. The second-order valence-electron chi connectivity index (χ2n) is 3.24. The maximum Gasteiger partial charge on any atom is 0.256 e. The first-order valence-corrected chi connectivity index (χ1v) is 5.14. The van der Waals surface area contributed by atoms with Gasteiger partial charge in [0.2, 0.25) is 0 Å². The molecule has 1 aliphatic rings. The molecule has 0 aromatic carbocycles. The van der Waals surface area contributed by atoms with Crippen LogP contribution in [-0.2, 0) is 0 Å². The molecule has 0 radical (unpaired) electrons. The van der Waals surface area contributed by atoms with Gasteiger partial charge in [-0.05, 0) is 30.4 Å². The van der Waals surface area contributed by atoms with Gasteiger partial charge in [-0.25, -0.2) is 0 Å². The van der Waals surface area contributed by atoms with E-state index in [4.69, 9.17) is 12.2 Å². The van der Waals surface area contributed by atoms with E-state index in [1.807, 2.05) is 0 Å². The maximum atomic E-state index is 11.5. The van der Waals surface area contributed by atoms with Crippen LogP contribution in [0.15, 0.2) is 53.6 Å². The molecule has 1 aromatic rings. The van der Waals surface area contributed by atoms with E-state index in [1.165, 1.54) is 15.5 Å². The van der Waals surface area contributed by atoms with E-state index in [-0.39, 0.29) is 10.7 Å². The van der Waals surface area contributed by atoms with Crippen LogP contribution in [-0.4, -0.2) is 25.9 Å². The fourth-order valence-corrected chi connectivity index (χ4v) is 1.69. The summed E-state index contributed by atoms with van der Waals surface area (Å²) in [5, 5.41) is 9.93. The zero-order valence-electron chi connectivity index (χ0n) is 8.35. The van der Waals surface area contributed by atoms with Crippen molar-refractivity contribution < 1.29 is 5.11 Å². The van der Waals surface area contributed by atoms with Gasteiger partial charge in [0.1, 0.15) is 0 Å². The van der Waals surface area contributed by atoms with Gasteiger partial charge in [-0.2, -0.15) is 0 Å². The SMILES string of the molecule is O=c1ccccn1C(=S)N1C=CC=CC1O. The highest BCUT2D eigenvalue weighted by Crippen LogP contribution is 2.07. The molecule has 0 saturated carbocycles. The van der Waals surface area contributed by atoms with Crippen LogP contribution in [0.4, 0.5) is 0 Å². The molecule has 0 spiro atoms. The van der Waals surface area contributed by atoms with Crippen molar-refractivity contribution >= 4 is 17.3 Å². The molecule has 0 amide bonds. The maximum absolute atomic E-state index is 11.5. The summed E-state index contributed by atoms with van der Waals surface area (Å²) in [6, 6.07) is 4.77. The number of allylic oxidation sites excluding steroid dienone is 2. The zero-order valence-corrected chi connectivity index (χ0v) is 9.17. The van der Waals surface area contributed by atoms with Gasteiger partial charge in [0.25, 0.3) is 5.56 Å². The van der Waals surface area contributed by atoms with Gasteiger partial charge in [-0.3, -0.25) is 14.3 Å². The molecular weight excluding hydrogens is 224 g/mol. The molecule has 1 N–H and O–H groups in total. The van der Waals surface area contributed by atoms with E-state index in [9.17, 15) is 9.90 Å². The monoisotopic (exact) mass is 234 g/mol. The molecule has 1 aromatic heterocycles. The second-order valence-corrected chi connectivity index (χ2v) is 3.60. The van der Waals surface area contributed by atoms with E-state index >= 15 is 0 Å². The average Bonchev–Trinajstić information content (AvgIpc) is 2.29. The first kappa shape index (κ1) is 10.8. The summed E-state index contributed by atoms with van der Waals surface area (Å²) in [4.78, 5) is 13.0. The Hall–Kier alpha value is -1.72. The minimum absolute atomic E-state index is 0.220. The number of aliphatic hydroxyl groups excluding tert-OH is 1. The lowest BCUT2D eigenvalue weighted by molar-refractivity contribution is 0.126. The fraction of sp³-hybridized carbons (Fsp3) is 0.0909. The van der Waals surface area contributed by atoms with Crippen molar-refractivity contribution in [1.82, 2.24) is 9.47 Å². The van der Waals surface area contributed by atoms with Crippen LogP contribution < -0.4 is 5.56 Å². The molecule has 0 saturated heterocycles. The van der Waals surface area contributed by atoms with Crippen LogP contribution in [0, 0.1) is 0 Å². The minimum atomic E-state index is -0.829. The molecule has 1 atom stereocenters. The first-order chi connectivity index (χ1) is 7.70. The molecule has 1 unspecified atom stereocenters. The summed E-state index contributed by atoms with van der Waals surface area (Å²) in [7, 11) is 0. The van der Waals surface area contributed by atoms with Gasteiger partial charge in [-0.15, -0.1) is 0 Å². The Labute approximate surface area is 97.7 Å². The molecule has 82 valence electrons. The van der Waals surface area contributed by atoms with Crippen molar-refractivity contribution in [2.45, 2.75) is 6.23 Å². The predicted molar refractivity (Wildman–Crippen MR) is 64.8 cm³/mol. The third-order valence-corrected chi connectivity index (χ3v) is 2.58. The molecule has 0 bridgehead atoms. The number of nitrogens with zero attached hydrogens (tertiary/aromatic N) is 2. The summed E-state index contributed by atoms with van der Waals surface area (Å²) in [5.41, 5.74) is -0.220. The van der Waals surface area contributed by atoms with E-state index < -0.39 is 6.23 Å². The topological polar surface area (TPSA) is 45.5 Å². The largest absolute Gasteiger partial charge is 0.369 e. The normalized spacial score (nSPS) is 18.8. The summed E-state index contributed by atoms with van der Waals surface area (Å²) < 4.78 is 1.31. The summed E-state index contributed by atoms with van der Waals surface area (Å²) in [6.07, 6.45) is 7.42. The number of hydrogen-bond acceptors (Lipinski definition) is 3. The van der Waals surface area contributed by atoms with Crippen LogP contribution in [0.3, 0.4) is 0 Å². The fourth-order valence-electron chi connectivity index (χ4n) is 1.37. The number of rotatable bonds is 0. The molecule has 4 nitrogen and oxygen atoms in total. The first-order valence-electron chi connectivity index (χ1n) is 4.73. The van der Waals surface area contributed by atoms with Crippen molar-refractivity contribution in [2.75, 3.05) is 0 Å². The Morgan fingerprint density at radius 3 is 2.88 bits per heavy atom. The standard InChI is InChI=1S/C11H10N2O2S/c14-9-5-1-3-7-12(9)11(16)13-8-4-2-6-10(13)15/h1-9,14H. The van der Waals surface area contributed by atoms with Crippen molar-refractivity contribution in [3.05, 3.63) is 59.2 Å².